The van der Waals surface area contributed by atoms with Crippen LogP contribution in [0.25, 0.3) is 22.1 Å². The van der Waals surface area contributed by atoms with E-state index in [0.29, 0.717) is 71.2 Å². The zero-order valence-electron chi connectivity index (χ0n) is 19.6. The van der Waals surface area contributed by atoms with Gasteiger partial charge in [-0.25, -0.2) is 4.79 Å². The Labute approximate surface area is 201 Å². The number of nitrogens with one attached hydrogen (secondary N) is 1. The van der Waals surface area contributed by atoms with Gasteiger partial charge in [0.1, 0.15) is 23.1 Å². The van der Waals surface area contributed by atoms with Crippen LogP contribution in [-0.4, -0.2) is 42.8 Å². The van der Waals surface area contributed by atoms with E-state index in [-0.39, 0.29) is 12.0 Å². The van der Waals surface area contributed by atoms with E-state index in [0.717, 1.165) is 6.42 Å². The summed E-state index contributed by atoms with van der Waals surface area (Å²) in [6.07, 6.45) is 1.73. The van der Waals surface area contributed by atoms with Gasteiger partial charge in [-0.05, 0) is 43.2 Å². The summed E-state index contributed by atoms with van der Waals surface area (Å²) in [7, 11) is 0. The van der Waals surface area contributed by atoms with E-state index in [1.165, 1.54) is 6.07 Å². The molecule has 9 heteroatoms. The highest BCUT2D eigenvalue weighted by Gasteiger charge is 2.20. The summed E-state index contributed by atoms with van der Waals surface area (Å²) in [5, 5.41) is 12.0. The maximum Gasteiger partial charge on any atom is 0.326 e. The van der Waals surface area contributed by atoms with Crippen molar-refractivity contribution < 1.29 is 33.3 Å². The zero-order chi connectivity index (χ0) is 24.9. The van der Waals surface area contributed by atoms with Crippen LogP contribution in [0.15, 0.2) is 45.6 Å². The molecule has 3 aromatic rings. The van der Waals surface area contributed by atoms with Crippen LogP contribution < -0.4 is 25.0 Å². The van der Waals surface area contributed by atoms with Crippen LogP contribution in [0.4, 0.5) is 0 Å². The van der Waals surface area contributed by atoms with Crippen molar-refractivity contribution in [3.8, 4) is 28.4 Å². The number of carbonyl (C=O) groups is 2. The van der Waals surface area contributed by atoms with Gasteiger partial charge in [0.15, 0.2) is 18.1 Å². The standard InChI is InChI=1S/C26H27NO8/c1-3-5-19(26(30)31)27-23(28)14-34-17-7-8-18-21(13-17)35-15(2)24(25(18)29)16-6-9-20-22(12-16)33-11-4-10-32-20/h6-9,12-13,19H,3-5,10-11,14H2,1-2H3,(H,27,28)(H,30,31)/t19-/m1/s1. The molecule has 35 heavy (non-hydrogen) atoms. The molecule has 0 spiro atoms. The van der Waals surface area contributed by atoms with Crippen molar-refractivity contribution in [2.45, 2.75) is 39.2 Å². The van der Waals surface area contributed by atoms with Crippen LogP contribution in [0.3, 0.4) is 0 Å². The van der Waals surface area contributed by atoms with Gasteiger partial charge < -0.3 is 29.1 Å². The highest BCUT2D eigenvalue weighted by atomic mass is 16.5. The number of carbonyl (C=O) groups excluding carboxylic acids is 1. The summed E-state index contributed by atoms with van der Waals surface area (Å²) >= 11 is 0. The fraction of sp³-hybridized carbons (Fsp3) is 0.346. The van der Waals surface area contributed by atoms with Gasteiger partial charge in [-0.2, -0.15) is 0 Å². The number of aliphatic carboxylic acids is 1. The van der Waals surface area contributed by atoms with E-state index in [1.54, 1.807) is 37.3 Å². The summed E-state index contributed by atoms with van der Waals surface area (Å²) in [6, 6.07) is 9.10. The lowest BCUT2D eigenvalue weighted by Gasteiger charge is -2.14. The fourth-order valence-corrected chi connectivity index (χ4v) is 3.96. The molecule has 1 aliphatic rings. The molecule has 0 radical (unpaired) electrons. The quantitative estimate of drug-likeness (QED) is 0.499. The van der Waals surface area contributed by atoms with Gasteiger partial charge in [0.2, 0.25) is 5.43 Å². The molecule has 0 fully saturated rings. The van der Waals surface area contributed by atoms with E-state index >= 15 is 0 Å². The lowest BCUT2D eigenvalue weighted by atomic mass is 10.0. The van der Waals surface area contributed by atoms with Crippen LogP contribution in [0, 0.1) is 6.92 Å². The fourth-order valence-electron chi connectivity index (χ4n) is 3.96. The van der Waals surface area contributed by atoms with Crippen molar-refractivity contribution in [2.24, 2.45) is 0 Å². The van der Waals surface area contributed by atoms with Crippen LogP contribution in [-0.2, 0) is 9.59 Å². The topological polar surface area (TPSA) is 124 Å². The average Bonchev–Trinajstić information content (AvgIpc) is 3.07. The third-order valence-electron chi connectivity index (χ3n) is 5.66. The second-order valence-corrected chi connectivity index (χ2v) is 8.27. The molecule has 9 nitrogen and oxygen atoms in total. The monoisotopic (exact) mass is 481 g/mol. The summed E-state index contributed by atoms with van der Waals surface area (Å²) in [6.45, 7) is 4.30. The van der Waals surface area contributed by atoms with Crippen molar-refractivity contribution in [1.29, 1.82) is 0 Å². The summed E-state index contributed by atoms with van der Waals surface area (Å²) in [4.78, 5) is 36.6. The van der Waals surface area contributed by atoms with Gasteiger partial charge in [-0.3, -0.25) is 9.59 Å². The highest BCUT2D eigenvalue weighted by Crippen LogP contribution is 2.35. The number of rotatable bonds is 8. The molecule has 2 N–H and O–H groups in total. The van der Waals surface area contributed by atoms with E-state index in [9.17, 15) is 19.5 Å². The molecule has 0 saturated heterocycles. The van der Waals surface area contributed by atoms with Crippen molar-refractivity contribution in [1.82, 2.24) is 5.32 Å². The minimum Gasteiger partial charge on any atom is -0.490 e. The van der Waals surface area contributed by atoms with E-state index < -0.39 is 17.9 Å². The molecule has 0 saturated carbocycles. The van der Waals surface area contributed by atoms with Gasteiger partial charge in [0.25, 0.3) is 5.91 Å². The number of aryl methyl sites for hydroxylation is 1. The maximum atomic E-state index is 13.3. The van der Waals surface area contributed by atoms with E-state index in [1.807, 2.05) is 6.92 Å². The molecule has 0 aliphatic carbocycles. The summed E-state index contributed by atoms with van der Waals surface area (Å²) in [5.74, 6) is 0.340. The first-order valence-electron chi connectivity index (χ1n) is 11.5. The molecular weight excluding hydrogens is 454 g/mol. The molecule has 1 aromatic heterocycles. The van der Waals surface area contributed by atoms with Gasteiger partial charge in [0.05, 0.1) is 24.2 Å². The van der Waals surface area contributed by atoms with Gasteiger partial charge in [-0.1, -0.05) is 19.4 Å². The lowest BCUT2D eigenvalue weighted by Crippen LogP contribution is -2.42. The first-order chi connectivity index (χ1) is 16.9. The van der Waals surface area contributed by atoms with Gasteiger partial charge in [0, 0.05) is 12.5 Å². The van der Waals surface area contributed by atoms with Crippen LogP contribution >= 0.6 is 0 Å². The number of benzene rings is 2. The molecule has 184 valence electrons. The Hall–Kier alpha value is -4.01. The Morgan fingerprint density at radius 3 is 2.63 bits per heavy atom. The van der Waals surface area contributed by atoms with Crippen molar-refractivity contribution >= 4 is 22.8 Å². The second kappa shape index (κ2) is 10.5. The third-order valence-corrected chi connectivity index (χ3v) is 5.66. The Morgan fingerprint density at radius 2 is 1.89 bits per heavy atom. The molecule has 1 amide bonds. The largest absolute Gasteiger partial charge is 0.490 e. The first kappa shape index (κ1) is 24.1. The zero-order valence-corrected chi connectivity index (χ0v) is 19.6. The average molecular weight is 482 g/mol. The number of amides is 1. The molecule has 2 heterocycles. The number of hydrogen-bond donors (Lipinski definition) is 2. The van der Waals surface area contributed by atoms with Crippen molar-refractivity contribution in [3.05, 3.63) is 52.4 Å². The lowest BCUT2D eigenvalue weighted by molar-refractivity contribution is -0.142. The maximum absolute atomic E-state index is 13.3. The van der Waals surface area contributed by atoms with E-state index in [2.05, 4.69) is 5.32 Å². The summed E-state index contributed by atoms with van der Waals surface area (Å²) < 4.78 is 22.9. The number of fused-ring (bicyclic) bond motifs is 2. The number of hydrogen-bond acceptors (Lipinski definition) is 7. The van der Waals surface area contributed by atoms with Crippen LogP contribution in [0.5, 0.6) is 17.2 Å². The first-order valence-corrected chi connectivity index (χ1v) is 11.5. The normalized spacial score (nSPS) is 13.7. The van der Waals surface area contributed by atoms with Crippen molar-refractivity contribution in [2.75, 3.05) is 19.8 Å². The molecule has 1 aliphatic heterocycles. The molecule has 4 rings (SSSR count). The molecule has 1 atom stereocenters. The van der Waals surface area contributed by atoms with Crippen LogP contribution in [0.2, 0.25) is 0 Å². The molecular formula is C26H27NO8. The smallest absolute Gasteiger partial charge is 0.326 e. The molecule has 2 aromatic carbocycles. The number of carboxylic acid groups (broad SMARTS) is 1. The van der Waals surface area contributed by atoms with E-state index in [4.69, 9.17) is 18.6 Å². The Bertz CT molecular complexity index is 1310. The minimum atomic E-state index is -1.09. The van der Waals surface area contributed by atoms with Crippen molar-refractivity contribution in [3.63, 3.8) is 0 Å². The Balaban J connectivity index is 1.55. The predicted octanol–water partition coefficient (Wildman–Crippen LogP) is 3.68. The highest BCUT2D eigenvalue weighted by molar-refractivity contribution is 5.85. The molecule has 0 unspecified atom stereocenters. The Kier molecular flexibility index (Phi) is 7.24. The summed E-state index contributed by atoms with van der Waals surface area (Å²) in [5.41, 5.74) is 1.21. The van der Waals surface area contributed by atoms with Gasteiger partial charge >= 0.3 is 5.97 Å². The van der Waals surface area contributed by atoms with Crippen LogP contribution in [0.1, 0.15) is 31.9 Å². The third kappa shape index (κ3) is 5.40. The second-order valence-electron chi connectivity index (χ2n) is 8.27. The minimum absolute atomic E-state index is 0.202. The SMILES string of the molecule is CCC[C@@H](NC(=O)COc1ccc2c(=O)c(-c3ccc4c(c3)OCCCO4)c(C)oc2c1)C(=O)O. The molecule has 0 bridgehead atoms. The van der Waals surface area contributed by atoms with Gasteiger partial charge in [-0.15, -0.1) is 0 Å². The number of ether oxygens (including phenoxy) is 3. The number of carboxylic acids is 1. The predicted molar refractivity (Wildman–Crippen MR) is 128 cm³/mol. The Morgan fingerprint density at radius 1 is 1.11 bits per heavy atom.